The van der Waals surface area contributed by atoms with Crippen LogP contribution in [0.2, 0.25) is 0 Å². The maximum Gasteiger partial charge on any atom is 0.344 e. The molecular formula is C20H22N2O7. The number of hydrogen-bond acceptors (Lipinski definition) is 7. The fraction of sp³-hybridized carbons (Fsp3) is 0.300. The van der Waals surface area contributed by atoms with Gasteiger partial charge in [0.2, 0.25) is 0 Å². The number of hydrogen-bond donors (Lipinski definition) is 1. The van der Waals surface area contributed by atoms with Crippen LogP contribution in [0.25, 0.3) is 0 Å². The Morgan fingerprint density at radius 2 is 1.83 bits per heavy atom. The van der Waals surface area contributed by atoms with Gasteiger partial charge in [0.05, 0.1) is 18.1 Å². The van der Waals surface area contributed by atoms with Crippen molar-refractivity contribution in [1.82, 2.24) is 0 Å². The van der Waals surface area contributed by atoms with E-state index in [0.29, 0.717) is 5.75 Å². The molecule has 1 N–H and O–H groups in total. The Morgan fingerprint density at radius 3 is 2.41 bits per heavy atom. The van der Waals surface area contributed by atoms with Crippen molar-refractivity contribution in [3.63, 3.8) is 0 Å². The van der Waals surface area contributed by atoms with E-state index in [-0.39, 0.29) is 23.7 Å². The molecule has 0 radical (unpaired) electrons. The first-order valence-corrected chi connectivity index (χ1v) is 8.74. The van der Waals surface area contributed by atoms with E-state index in [1.807, 2.05) is 32.0 Å². The van der Waals surface area contributed by atoms with Crippen molar-refractivity contribution in [2.75, 3.05) is 19.0 Å². The first-order valence-electron chi connectivity index (χ1n) is 8.74. The molecule has 154 valence electrons. The van der Waals surface area contributed by atoms with Crippen LogP contribution in [0.3, 0.4) is 0 Å². The molecule has 0 spiro atoms. The van der Waals surface area contributed by atoms with E-state index in [0.717, 1.165) is 11.1 Å². The Balaban J connectivity index is 1.97. The standard InChI is InChI=1S/C20H22N2O7/c1-12-6-5-7-13(2)19(12)28-11-18(23)29-14(3)20(24)21-16-9-8-15(27-4)10-17(16)22(25)26/h5-10,14H,11H2,1-4H3,(H,21,24)/t14-/m0/s1. The first-order chi connectivity index (χ1) is 13.7. The van der Waals surface area contributed by atoms with E-state index in [2.05, 4.69) is 5.32 Å². The molecule has 2 aromatic carbocycles. The number of anilines is 1. The number of rotatable bonds is 8. The zero-order chi connectivity index (χ0) is 21.6. The van der Waals surface area contributed by atoms with Crippen LogP contribution in [-0.2, 0) is 14.3 Å². The summed E-state index contributed by atoms with van der Waals surface area (Å²) in [6, 6.07) is 9.58. The van der Waals surface area contributed by atoms with Crippen LogP contribution >= 0.6 is 0 Å². The van der Waals surface area contributed by atoms with Gasteiger partial charge in [-0.3, -0.25) is 14.9 Å². The van der Waals surface area contributed by atoms with Crippen molar-refractivity contribution >= 4 is 23.3 Å². The number of methoxy groups -OCH3 is 1. The van der Waals surface area contributed by atoms with Gasteiger partial charge in [-0.1, -0.05) is 18.2 Å². The highest BCUT2D eigenvalue weighted by molar-refractivity contribution is 5.97. The maximum atomic E-state index is 12.3. The van der Waals surface area contributed by atoms with Crippen LogP contribution in [0, 0.1) is 24.0 Å². The lowest BCUT2D eigenvalue weighted by Gasteiger charge is -2.15. The van der Waals surface area contributed by atoms with E-state index in [1.165, 1.54) is 32.2 Å². The Bertz CT molecular complexity index is 907. The van der Waals surface area contributed by atoms with Crippen LogP contribution in [0.5, 0.6) is 11.5 Å². The molecule has 0 saturated heterocycles. The largest absolute Gasteiger partial charge is 0.496 e. The maximum absolute atomic E-state index is 12.3. The molecule has 0 aliphatic heterocycles. The number of amides is 1. The van der Waals surface area contributed by atoms with Crippen LogP contribution in [0.4, 0.5) is 11.4 Å². The zero-order valence-electron chi connectivity index (χ0n) is 16.6. The number of esters is 1. The van der Waals surface area contributed by atoms with Gasteiger partial charge in [-0.05, 0) is 44.0 Å². The molecule has 0 fully saturated rings. The number of ether oxygens (including phenoxy) is 3. The summed E-state index contributed by atoms with van der Waals surface area (Å²) in [5.74, 6) is -0.591. The number of nitrogens with zero attached hydrogens (tertiary/aromatic N) is 1. The second-order valence-electron chi connectivity index (χ2n) is 6.27. The monoisotopic (exact) mass is 402 g/mol. The predicted molar refractivity (Wildman–Crippen MR) is 105 cm³/mol. The minimum Gasteiger partial charge on any atom is -0.496 e. The van der Waals surface area contributed by atoms with Gasteiger partial charge in [-0.15, -0.1) is 0 Å². The Labute approximate surface area is 167 Å². The van der Waals surface area contributed by atoms with E-state index in [9.17, 15) is 19.7 Å². The molecule has 0 aliphatic rings. The van der Waals surface area contributed by atoms with E-state index >= 15 is 0 Å². The number of carbonyl (C=O) groups is 2. The van der Waals surface area contributed by atoms with Crippen molar-refractivity contribution in [2.24, 2.45) is 0 Å². The topological polar surface area (TPSA) is 117 Å². The van der Waals surface area contributed by atoms with Gasteiger partial charge in [0, 0.05) is 0 Å². The second kappa shape index (κ2) is 9.54. The second-order valence-corrected chi connectivity index (χ2v) is 6.27. The number of nitrogens with one attached hydrogen (secondary N) is 1. The summed E-state index contributed by atoms with van der Waals surface area (Å²) in [4.78, 5) is 34.8. The smallest absolute Gasteiger partial charge is 0.344 e. The van der Waals surface area contributed by atoms with Crippen molar-refractivity contribution in [3.05, 3.63) is 57.6 Å². The zero-order valence-corrected chi connectivity index (χ0v) is 16.6. The van der Waals surface area contributed by atoms with Crippen LogP contribution in [-0.4, -0.2) is 36.6 Å². The first kappa shape index (κ1) is 21.7. The van der Waals surface area contributed by atoms with Gasteiger partial charge >= 0.3 is 5.97 Å². The minimum absolute atomic E-state index is 0.0320. The third-order valence-corrected chi connectivity index (χ3v) is 4.08. The summed E-state index contributed by atoms with van der Waals surface area (Å²) < 4.78 is 15.5. The van der Waals surface area contributed by atoms with Crippen LogP contribution < -0.4 is 14.8 Å². The van der Waals surface area contributed by atoms with Crippen molar-refractivity contribution < 1.29 is 28.7 Å². The third kappa shape index (κ3) is 5.68. The van der Waals surface area contributed by atoms with Gasteiger partial charge in [-0.2, -0.15) is 0 Å². The molecule has 0 aromatic heterocycles. The number of benzene rings is 2. The van der Waals surface area contributed by atoms with Gasteiger partial charge in [-0.25, -0.2) is 4.79 Å². The van der Waals surface area contributed by atoms with Gasteiger partial charge < -0.3 is 19.5 Å². The van der Waals surface area contributed by atoms with Gasteiger partial charge in [0.25, 0.3) is 11.6 Å². The summed E-state index contributed by atoms with van der Waals surface area (Å²) in [6.45, 7) is 4.70. The average Bonchev–Trinajstić information content (AvgIpc) is 2.67. The molecule has 9 nitrogen and oxygen atoms in total. The molecule has 1 atom stereocenters. The highest BCUT2D eigenvalue weighted by Crippen LogP contribution is 2.29. The fourth-order valence-corrected chi connectivity index (χ4v) is 2.57. The molecule has 2 aromatic rings. The van der Waals surface area contributed by atoms with Crippen molar-refractivity contribution in [3.8, 4) is 11.5 Å². The summed E-state index contributed by atoms with van der Waals surface area (Å²) in [7, 11) is 1.37. The lowest BCUT2D eigenvalue weighted by Crippen LogP contribution is -2.32. The predicted octanol–water partition coefficient (Wildman–Crippen LogP) is 3.17. The molecule has 29 heavy (non-hydrogen) atoms. The SMILES string of the molecule is COc1ccc(NC(=O)[C@H](C)OC(=O)COc2c(C)cccc2C)c([N+](=O)[O-])c1. The molecule has 0 bridgehead atoms. The lowest BCUT2D eigenvalue weighted by molar-refractivity contribution is -0.384. The summed E-state index contributed by atoms with van der Waals surface area (Å²) in [6.07, 6.45) is -1.18. The number of para-hydroxylation sites is 1. The highest BCUT2D eigenvalue weighted by atomic mass is 16.6. The van der Waals surface area contributed by atoms with E-state index in [1.54, 1.807) is 0 Å². The molecule has 0 aliphatic carbocycles. The normalized spacial score (nSPS) is 11.3. The molecule has 0 saturated carbocycles. The minimum atomic E-state index is -1.18. The van der Waals surface area contributed by atoms with Gasteiger partial charge in [0.1, 0.15) is 17.2 Å². The fourth-order valence-electron chi connectivity index (χ4n) is 2.57. The third-order valence-electron chi connectivity index (χ3n) is 4.08. The molecule has 2 rings (SSSR count). The Morgan fingerprint density at radius 1 is 1.17 bits per heavy atom. The summed E-state index contributed by atoms with van der Waals surface area (Å²) in [5, 5.41) is 13.6. The Kier molecular flexibility index (Phi) is 7.13. The van der Waals surface area contributed by atoms with Crippen LogP contribution in [0.1, 0.15) is 18.1 Å². The highest BCUT2D eigenvalue weighted by Gasteiger charge is 2.23. The lowest BCUT2D eigenvalue weighted by atomic mass is 10.1. The Hall–Kier alpha value is -3.62. The number of aryl methyl sites for hydroxylation is 2. The molecule has 0 heterocycles. The number of carbonyl (C=O) groups excluding carboxylic acids is 2. The van der Waals surface area contributed by atoms with E-state index < -0.39 is 22.9 Å². The molecule has 0 unspecified atom stereocenters. The molecular weight excluding hydrogens is 380 g/mol. The van der Waals surface area contributed by atoms with Gasteiger partial charge in [0.15, 0.2) is 12.7 Å². The summed E-state index contributed by atoms with van der Waals surface area (Å²) in [5.41, 5.74) is 1.37. The average molecular weight is 402 g/mol. The number of nitro groups is 1. The summed E-state index contributed by atoms with van der Waals surface area (Å²) >= 11 is 0. The quantitative estimate of drug-likeness (QED) is 0.409. The van der Waals surface area contributed by atoms with Crippen molar-refractivity contribution in [2.45, 2.75) is 26.9 Å². The van der Waals surface area contributed by atoms with Crippen molar-refractivity contribution in [1.29, 1.82) is 0 Å². The molecule has 1 amide bonds. The van der Waals surface area contributed by atoms with Crippen LogP contribution in [0.15, 0.2) is 36.4 Å². The van der Waals surface area contributed by atoms with E-state index in [4.69, 9.17) is 14.2 Å². The molecule has 9 heteroatoms. The number of nitro benzene ring substituents is 1.